The lowest BCUT2D eigenvalue weighted by atomic mass is 10.2. The highest BCUT2D eigenvalue weighted by Crippen LogP contribution is 2.17. The van der Waals surface area contributed by atoms with Crippen molar-refractivity contribution in [2.24, 2.45) is 0 Å². The van der Waals surface area contributed by atoms with Crippen LogP contribution in [0.3, 0.4) is 0 Å². The molecule has 61 valence electrons. The first-order valence-corrected chi connectivity index (χ1v) is 4.27. The van der Waals surface area contributed by atoms with Gasteiger partial charge < -0.3 is 9.80 Å². The van der Waals surface area contributed by atoms with Gasteiger partial charge in [0.15, 0.2) is 0 Å². The summed E-state index contributed by atoms with van der Waals surface area (Å²) in [6, 6.07) is 0.216. The lowest BCUT2D eigenvalue weighted by Gasteiger charge is -2.33. The Morgan fingerprint density at radius 2 is 1.82 bits per heavy atom. The molecule has 0 aromatic rings. The second kappa shape index (κ2) is 2.72. The van der Waals surface area contributed by atoms with Gasteiger partial charge in [-0.15, -0.1) is 0 Å². The maximum Gasteiger partial charge on any atom is 0.320 e. The smallest absolute Gasteiger partial charge is 0.320 e. The fraction of sp³-hybridized carbons (Fsp3) is 0.750. The zero-order chi connectivity index (χ0) is 7.68. The molecule has 2 aliphatic rings. The van der Waals surface area contributed by atoms with Gasteiger partial charge in [-0.1, -0.05) is 0 Å². The number of hydrogen-bond donors (Lipinski definition) is 0. The summed E-state index contributed by atoms with van der Waals surface area (Å²) < 4.78 is 0. The minimum Gasteiger partial charge on any atom is -0.325 e. The van der Waals surface area contributed by atoms with Gasteiger partial charge in [-0.05, 0) is 19.3 Å². The molecule has 0 aromatic heterocycles. The fourth-order valence-corrected chi connectivity index (χ4v) is 1.52. The Morgan fingerprint density at radius 1 is 1.18 bits per heavy atom. The van der Waals surface area contributed by atoms with E-state index < -0.39 is 0 Å². The summed E-state index contributed by atoms with van der Waals surface area (Å²) in [5.41, 5.74) is 0. The van der Waals surface area contributed by atoms with Gasteiger partial charge in [0.25, 0.3) is 0 Å². The quantitative estimate of drug-likeness (QED) is 0.510. The topological polar surface area (TPSA) is 23.6 Å². The summed E-state index contributed by atoms with van der Waals surface area (Å²) in [4.78, 5) is 15.2. The highest BCUT2D eigenvalue weighted by Gasteiger charge is 2.27. The number of urea groups is 1. The first-order valence-electron chi connectivity index (χ1n) is 4.27. The summed E-state index contributed by atoms with van der Waals surface area (Å²) in [5.74, 6) is 0. The second-order valence-electron chi connectivity index (χ2n) is 3.14. The molecule has 2 amide bonds. The van der Waals surface area contributed by atoms with Crippen LogP contribution in [0, 0.1) is 6.54 Å². The molecular formula is C8H13N2O. The molecule has 2 heterocycles. The van der Waals surface area contributed by atoms with Crippen LogP contribution in [0.4, 0.5) is 4.79 Å². The highest BCUT2D eigenvalue weighted by atomic mass is 16.2. The van der Waals surface area contributed by atoms with Crippen LogP contribution in [-0.2, 0) is 0 Å². The Balaban J connectivity index is 1.87. The van der Waals surface area contributed by atoms with Gasteiger partial charge in [0.1, 0.15) is 0 Å². The first-order chi connectivity index (χ1) is 5.38. The van der Waals surface area contributed by atoms with E-state index in [0.29, 0.717) is 0 Å². The predicted octanol–water partition coefficient (Wildman–Crippen LogP) is 1.07. The third-order valence-corrected chi connectivity index (χ3v) is 2.34. The Kier molecular flexibility index (Phi) is 1.72. The molecular weight excluding hydrogens is 140 g/mol. The highest BCUT2D eigenvalue weighted by molar-refractivity contribution is 5.76. The molecule has 0 atom stereocenters. The van der Waals surface area contributed by atoms with Crippen LogP contribution in [-0.4, -0.2) is 35.5 Å². The molecule has 11 heavy (non-hydrogen) atoms. The fourth-order valence-electron chi connectivity index (χ4n) is 1.52. The van der Waals surface area contributed by atoms with E-state index in [1.54, 1.807) is 0 Å². The molecule has 1 radical (unpaired) electrons. The van der Waals surface area contributed by atoms with Crippen LogP contribution in [0.15, 0.2) is 0 Å². The lowest BCUT2D eigenvalue weighted by molar-refractivity contribution is 0.155. The summed E-state index contributed by atoms with van der Waals surface area (Å²) in [7, 11) is 0. The molecule has 2 rings (SSSR count). The molecule has 0 N–H and O–H groups in total. The Labute approximate surface area is 67.0 Å². The van der Waals surface area contributed by atoms with E-state index in [1.165, 1.54) is 12.8 Å². The summed E-state index contributed by atoms with van der Waals surface area (Å²) >= 11 is 0. The second-order valence-corrected chi connectivity index (χ2v) is 3.14. The summed E-state index contributed by atoms with van der Waals surface area (Å²) in [6.07, 6.45) is 3.43. The van der Waals surface area contributed by atoms with E-state index in [0.717, 1.165) is 26.1 Å². The van der Waals surface area contributed by atoms with Gasteiger partial charge in [-0.3, -0.25) is 0 Å². The van der Waals surface area contributed by atoms with Crippen molar-refractivity contribution in [1.82, 2.24) is 9.80 Å². The molecule has 0 aliphatic carbocycles. The molecule has 2 fully saturated rings. The minimum atomic E-state index is 0.216. The van der Waals surface area contributed by atoms with Crippen molar-refractivity contribution in [2.45, 2.75) is 19.3 Å². The van der Waals surface area contributed by atoms with Crippen LogP contribution < -0.4 is 0 Å². The minimum absolute atomic E-state index is 0.216. The molecule has 0 unspecified atom stereocenters. The molecule has 0 aromatic carbocycles. The van der Waals surface area contributed by atoms with E-state index >= 15 is 0 Å². The lowest BCUT2D eigenvalue weighted by Crippen LogP contribution is -2.45. The van der Waals surface area contributed by atoms with Crippen molar-refractivity contribution in [3.63, 3.8) is 0 Å². The molecule has 0 spiro atoms. The van der Waals surface area contributed by atoms with E-state index in [1.807, 2.05) is 16.3 Å². The predicted molar refractivity (Wildman–Crippen MR) is 41.8 cm³/mol. The van der Waals surface area contributed by atoms with Crippen molar-refractivity contribution < 1.29 is 4.79 Å². The molecule has 0 bridgehead atoms. The van der Waals surface area contributed by atoms with Gasteiger partial charge in [0.2, 0.25) is 0 Å². The van der Waals surface area contributed by atoms with Crippen LogP contribution in [0.2, 0.25) is 0 Å². The summed E-state index contributed by atoms with van der Waals surface area (Å²) in [6.45, 7) is 4.82. The Morgan fingerprint density at radius 3 is 2.27 bits per heavy atom. The molecule has 2 saturated heterocycles. The van der Waals surface area contributed by atoms with Crippen molar-refractivity contribution in [1.29, 1.82) is 0 Å². The zero-order valence-corrected chi connectivity index (χ0v) is 6.62. The van der Waals surface area contributed by atoms with Gasteiger partial charge in [-0.2, -0.15) is 0 Å². The van der Waals surface area contributed by atoms with Crippen molar-refractivity contribution in [3.05, 3.63) is 6.54 Å². The van der Waals surface area contributed by atoms with Crippen molar-refractivity contribution in [3.8, 4) is 0 Å². The number of likely N-dealkylation sites (tertiary alicyclic amines) is 2. The van der Waals surface area contributed by atoms with Crippen molar-refractivity contribution in [2.75, 3.05) is 19.6 Å². The molecule has 3 nitrogen and oxygen atoms in total. The molecule has 2 aliphatic heterocycles. The maximum absolute atomic E-state index is 11.4. The van der Waals surface area contributed by atoms with Gasteiger partial charge >= 0.3 is 6.03 Å². The Hall–Kier alpha value is -0.730. The number of carbonyl (C=O) groups is 1. The van der Waals surface area contributed by atoms with Crippen LogP contribution >= 0.6 is 0 Å². The number of rotatable bonds is 0. The monoisotopic (exact) mass is 153 g/mol. The normalized spacial score (nSPS) is 23.6. The standard InChI is InChI=1S/C8H13N2O/c11-8(10-6-3-7-10)9-4-1-2-5-9/h6H,1-5,7H2. The number of carbonyl (C=O) groups excluding carboxylic acids is 1. The number of amides is 2. The van der Waals surface area contributed by atoms with E-state index in [-0.39, 0.29) is 6.03 Å². The van der Waals surface area contributed by atoms with Gasteiger partial charge in [0.05, 0.1) is 6.54 Å². The summed E-state index contributed by atoms with van der Waals surface area (Å²) in [5, 5.41) is 0. The third kappa shape index (κ3) is 1.19. The largest absolute Gasteiger partial charge is 0.325 e. The van der Waals surface area contributed by atoms with Gasteiger partial charge in [0, 0.05) is 19.6 Å². The molecule has 0 saturated carbocycles. The molecule has 3 heteroatoms. The van der Waals surface area contributed by atoms with E-state index in [2.05, 4.69) is 0 Å². The zero-order valence-electron chi connectivity index (χ0n) is 6.62. The van der Waals surface area contributed by atoms with Crippen LogP contribution in [0.5, 0.6) is 0 Å². The Bertz CT molecular complexity index is 159. The number of nitrogens with zero attached hydrogens (tertiary/aromatic N) is 2. The van der Waals surface area contributed by atoms with Crippen molar-refractivity contribution >= 4 is 6.03 Å². The van der Waals surface area contributed by atoms with E-state index in [4.69, 9.17) is 0 Å². The average Bonchev–Trinajstić information content (AvgIpc) is 2.32. The SMILES string of the molecule is O=C(N1[CH]CC1)N1CCCC1. The van der Waals surface area contributed by atoms with Crippen LogP contribution in [0.1, 0.15) is 19.3 Å². The number of hydrogen-bond acceptors (Lipinski definition) is 1. The van der Waals surface area contributed by atoms with Gasteiger partial charge in [-0.25, -0.2) is 4.79 Å². The first kappa shape index (κ1) is 6.95. The maximum atomic E-state index is 11.4. The third-order valence-electron chi connectivity index (χ3n) is 2.34. The van der Waals surface area contributed by atoms with Crippen LogP contribution in [0.25, 0.3) is 0 Å². The average molecular weight is 153 g/mol. The van der Waals surface area contributed by atoms with E-state index in [9.17, 15) is 4.79 Å².